The van der Waals surface area contributed by atoms with E-state index in [4.69, 9.17) is 0 Å². The fourth-order valence-corrected chi connectivity index (χ4v) is 2.36. The van der Waals surface area contributed by atoms with Gasteiger partial charge in [0.15, 0.2) is 0 Å². The van der Waals surface area contributed by atoms with E-state index in [0.29, 0.717) is 4.70 Å². The first-order valence-electron chi connectivity index (χ1n) is 5.50. The average molecular weight is 322 g/mol. The number of hydrogen-bond donors (Lipinski definition) is 0. The second-order valence-electron chi connectivity index (χ2n) is 3.78. The maximum Gasteiger partial charge on any atom is 0.277 e. The molecule has 0 bridgehead atoms. The average Bonchev–Trinajstić information content (AvgIpc) is 2.38. The van der Waals surface area contributed by atoms with Gasteiger partial charge in [-0.1, -0.05) is 48.4 Å². The van der Waals surface area contributed by atoms with E-state index >= 15 is 0 Å². The monoisotopic (exact) mass is 322 g/mol. The van der Waals surface area contributed by atoms with Gasteiger partial charge in [-0.05, 0) is 12.1 Å². The second-order valence-corrected chi connectivity index (χ2v) is 5.22. The smallest absolute Gasteiger partial charge is 0.277 e. The lowest BCUT2D eigenvalue weighted by molar-refractivity contribution is -0.531. The van der Waals surface area contributed by atoms with Gasteiger partial charge in [-0.3, -0.25) is 22.4 Å². The van der Waals surface area contributed by atoms with Crippen molar-refractivity contribution in [2.45, 2.75) is 12.7 Å². The zero-order chi connectivity index (χ0) is 11.2. The molecule has 0 fully saturated rings. The highest BCUT2D eigenvalue weighted by Crippen LogP contribution is 2.07. The summed E-state index contributed by atoms with van der Waals surface area (Å²) in [5.74, 6) is 0. The van der Waals surface area contributed by atoms with E-state index in [1.807, 2.05) is 0 Å². The predicted octanol–water partition coefficient (Wildman–Crippen LogP) is 2.99. The van der Waals surface area contributed by atoms with Crippen molar-refractivity contribution in [1.29, 1.82) is 0 Å². The summed E-state index contributed by atoms with van der Waals surface area (Å²) in [6.45, 7) is 0. The number of nitrogens with zero attached hydrogens (tertiary/aromatic N) is 1. The van der Waals surface area contributed by atoms with Crippen LogP contribution in [0, 0.1) is 0 Å². The van der Waals surface area contributed by atoms with Crippen LogP contribution in [-0.2, 0) is 6.42 Å². The Bertz CT molecular complexity index is 418. The molecule has 0 saturated carbocycles. The minimum Gasteiger partial charge on any atom is -0.439 e. The Hall–Kier alpha value is -0.835. The summed E-state index contributed by atoms with van der Waals surface area (Å²) in [6.07, 6.45) is 6.56. The number of pyridine rings is 1. The molecule has 0 saturated heterocycles. The second kappa shape index (κ2) is 6.04. The fraction of sp³-hybridized carbons (Fsp3) is 0.154. The summed E-state index contributed by atoms with van der Waals surface area (Å²) >= 11 is 2.50. The zero-order valence-corrected chi connectivity index (χ0v) is 11.2. The van der Waals surface area contributed by atoms with E-state index in [1.54, 1.807) is 0 Å². The highest BCUT2D eigenvalue weighted by Gasteiger charge is 2.05. The molecule has 2 rings (SSSR count). The number of aryl methyl sites for hydroxylation is 1. The fourth-order valence-electron chi connectivity index (χ4n) is 1.68. The summed E-state index contributed by atoms with van der Waals surface area (Å²) in [5.41, 5.74) is 1.42. The van der Waals surface area contributed by atoms with Crippen molar-refractivity contribution in [3.8, 4) is 0 Å². The molecule has 0 unspecified atom stereocenters. The lowest BCUT2D eigenvalue weighted by atomic mass is 9.84. The lowest BCUT2D eigenvalue weighted by Gasteiger charge is -2.13. The van der Waals surface area contributed by atoms with Crippen molar-refractivity contribution in [3.63, 3.8) is 0 Å². The highest BCUT2D eigenvalue weighted by molar-refractivity contribution is 14.1. The number of aromatic nitrogens is 1. The first kappa shape index (κ1) is 11.6. The van der Waals surface area contributed by atoms with Crippen LogP contribution < -0.4 is 4.48 Å². The van der Waals surface area contributed by atoms with Gasteiger partial charge in [0, 0.05) is 0 Å². The van der Waals surface area contributed by atoms with Gasteiger partial charge >= 0.3 is 0 Å². The number of halogens is 1. The summed E-state index contributed by atoms with van der Waals surface area (Å²) in [5, 5.41) is 0. The van der Waals surface area contributed by atoms with Crippen LogP contribution in [0.3, 0.4) is 0 Å². The van der Waals surface area contributed by atoms with E-state index in [-0.39, 0.29) is 0 Å². The summed E-state index contributed by atoms with van der Waals surface area (Å²) in [6, 6.07) is 16.9. The topological polar surface area (TPSA) is 3.88 Å². The standard InChI is InChI=1S/C13H14BIN/c15-14(16-11-5-2-6-12-16)10-9-13-7-3-1-4-8-13/h1-8,11-12H,9-10H2. The van der Waals surface area contributed by atoms with Gasteiger partial charge in [-0.15, -0.1) is 6.32 Å². The molecular weight excluding hydrogens is 308 g/mol. The van der Waals surface area contributed by atoms with E-state index in [1.165, 1.54) is 11.9 Å². The van der Waals surface area contributed by atoms with Gasteiger partial charge in [-0.25, -0.2) is 0 Å². The van der Waals surface area contributed by atoms with E-state index in [9.17, 15) is 0 Å². The molecule has 1 aromatic heterocycles. The molecule has 0 aliphatic carbocycles. The SMILES string of the molecule is I[B-](CCc1ccccc1)[n+]1ccccc1. The van der Waals surface area contributed by atoms with Crippen molar-refractivity contribution < 1.29 is 4.48 Å². The van der Waals surface area contributed by atoms with Gasteiger partial charge in [0.2, 0.25) is 0 Å². The lowest BCUT2D eigenvalue weighted by Crippen LogP contribution is -2.46. The molecule has 1 heterocycles. The minimum atomic E-state index is 0.527. The van der Waals surface area contributed by atoms with Crippen LogP contribution in [0.1, 0.15) is 5.56 Å². The van der Waals surface area contributed by atoms with Gasteiger partial charge in [0.25, 0.3) is 4.70 Å². The van der Waals surface area contributed by atoms with E-state index < -0.39 is 0 Å². The third kappa shape index (κ3) is 3.34. The molecule has 0 spiro atoms. The van der Waals surface area contributed by atoms with Crippen molar-refractivity contribution in [2.75, 3.05) is 0 Å². The van der Waals surface area contributed by atoms with Crippen molar-refractivity contribution >= 4 is 27.1 Å². The Morgan fingerprint density at radius 3 is 2.25 bits per heavy atom. The van der Waals surface area contributed by atoms with Crippen LogP contribution in [0.5, 0.6) is 0 Å². The molecule has 1 radical (unpaired) electrons. The maximum atomic E-state index is 2.50. The van der Waals surface area contributed by atoms with Crippen LogP contribution in [0.25, 0.3) is 0 Å². The Labute approximate surface area is 110 Å². The van der Waals surface area contributed by atoms with Gasteiger partial charge < -0.3 is 4.48 Å². The highest BCUT2D eigenvalue weighted by atomic mass is 127. The Morgan fingerprint density at radius 2 is 1.56 bits per heavy atom. The van der Waals surface area contributed by atoms with Gasteiger partial charge in [-0.2, -0.15) is 0 Å². The van der Waals surface area contributed by atoms with Crippen LogP contribution in [0.4, 0.5) is 0 Å². The molecule has 1 nitrogen and oxygen atoms in total. The van der Waals surface area contributed by atoms with Crippen LogP contribution in [0.2, 0.25) is 6.32 Å². The van der Waals surface area contributed by atoms with Crippen molar-refractivity contribution in [2.24, 2.45) is 0 Å². The largest absolute Gasteiger partial charge is 0.439 e. The normalized spacial score (nSPS) is 10.6. The van der Waals surface area contributed by atoms with Crippen molar-refractivity contribution in [3.05, 3.63) is 66.5 Å². The first-order valence-corrected chi connectivity index (χ1v) is 6.74. The molecule has 0 N–H and O–H groups in total. The van der Waals surface area contributed by atoms with Crippen LogP contribution >= 0.6 is 22.4 Å². The molecule has 0 atom stereocenters. The molecule has 3 heteroatoms. The molecule has 0 amide bonds. The van der Waals surface area contributed by atoms with E-state index in [2.05, 4.69) is 87.8 Å². The van der Waals surface area contributed by atoms with Crippen LogP contribution in [0.15, 0.2) is 60.9 Å². The Balaban J connectivity index is 1.92. The van der Waals surface area contributed by atoms with Gasteiger partial charge in [0.1, 0.15) is 12.4 Å². The van der Waals surface area contributed by atoms with Crippen LogP contribution in [-0.4, -0.2) is 4.70 Å². The predicted molar refractivity (Wildman–Crippen MR) is 76.8 cm³/mol. The zero-order valence-electron chi connectivity index (χ0n) is 9.09. The number of rotatable bonds is 4. The molecule has 1 aromatic carbocycles. The molecule has 0 aliphatic heterocycles. The number of benzene rings is 1. The molecule has 2 aromatic rings. The molecule has 0 aliphatic rings. The number of hydrogen-bond acceptors (Lipinski definition) is 0. The minimum absolute atomic E-state index is 0.527. The third-order valence-corrected chi connectivity index (χ3v) is 3.84. The van der Waals surface area contributed by atoms with E-state index in [0.717, 1.165) is 6.42 Å². The summed E-state index contributed by atoms with van der Waals surface area (Å²) < 4.78 is 2.78. The third-order valence-electron chi connectivity index (χ3n) is 2.58. The summed E-state index contributed by atoms with van der Waals surface area (Å²) in [4.78, 5) is 0. The molecule has 81 valence electrons. The Morgan fingerprint density at radius 1 is 0.938 bits per heavy atom. The quantitative estimate of drug-likeness (QED) is 0.602. The Kier molecular flexibility index (Phi) is 4.39. The van der Waals surface area contributed by atoms with Gasteiger partial charge in [0.05, 0.1) is 0 Å². The first-order chi connectivity index (χ1) is 7.86. The molecule has 16 heavy (non-hydrogen) atoms. The van der Waals surface area contributed by atoms with Crippen molar-refractivity contribution in [1.82, 2.24) is 0 Å². The maximum absolute atomic E-state index is 2.50. The summed E-state index contributed by atoms with van der Waals surface area (Å²) in [7, 11) is 0. The molecular formula is C13H14BIN.